The summed E-state index contributed by atoms with van der Waals surface area (Å²) in [4.78, 5) is 2.39. The Balaban J connectivity index is 1.09. The molecule has 244 valence electrons. The Kier molecular flexibility index (Phi) is 7.18. The lowest BCUT2D eigenvalue weighted by Gasteiger charge is -2.28. The molecule has 0 spiro atoms. The summed E-state index contributed by atoms with van der Waals surface area (Å²) in [7, 11) is 0. The maximum atomic E-state index is 6.41. The third kappa shape index (κ3) is 5.12. The van der Waals surface area contributed by atoms with Gasteiger partial charge in [-0.3, -0.25) is 0 Å². The Hall–Kier alpha value is -6.90. The van der Waals surface area contributed by atoms with E-state index in [-0.39, 0.29) is 0 Å². The summed E-state index contributed by atoms with van der Waals surface area (Å²) >= 11 is 0. The quantitative estimate of drug-likeness (QED) is 0.165. The van der Waals surface area contributed by atoms with Crippen molar-refractivity contribution in [2.45, 2.75) is 0 Å². The van der Waals surface area contributed by atoms with Gasteiger partial charge in [0.05, 0.1) is 5.69 Å². The van der Waals surface area contributed by atoms with Crippen LogP contribution in [0.5, 0.6) is 0 Å². The molecule has 2 nitrogen and oxygen atoms in total. The third-order valence-corrected chi connectivity index (χ3v) is 10.3. The molecule has 0 radical (unpaired) electrons. The first-order valence-corrected chi connectivity index (χ1v) is 17.8. The van der Waals surface area contributed by atoms with Crippen molar-refractivity contribution in [3.05, 3.63) is 200 Å². The molecule has 0 amide bonds. The van der Waals surface area contributed by atoms with Crippen molar-refractivity contribution in [3.8, 4) is 33.4 Å². The van der Waals surface area contributed by atoms with Gasteiger partial charge in [-0.05, 0) is 80.4 Å². The molecular formula is C50H33NO. The molecule has 0 N–H and O–H groups in total. The van der Waals surface area contributed by atoms with Crippen LogP contribution >= 0.6 is 0 Å². The molecule has 9 aromatic carbocycles. The van der Waals surface area contributed by atoms with Crippen molar-refractivity contribution in [1.82, 2.24) is 0 Å². The van der Waals surface area contributed by atoms with Gasteiger partial charge in [0, 0.05) is 33.1 Å². The standard InChI is InChI=1S/C50H33NO/c1-2-11-34(12-3-1)35-21-23-36(24-22-35)37-25-29-40(30-26-37)51(48-33-39-13-4-5-14-42(39)44-15-6-7-16-45(44)48)41-31-27-38(28-32-41)43-18-10-19-47-46-17-8-9-20-49(46)52-50(43)47/h1-33H. The van der Waals surface area contributed by atoms with Gasteiger partial charge in [0.25, 0.3) is 0 Å². The number of furan rings is 1. The van der Waals surface area contributed by atoms with Gasteiger partial charge < -0.3 is 9.32 Å². The lowest BCUT2D eigenvalue weighted by molar-refractivity contribution is 0.670. The van der Waals surface area contributed by atoms with Gasteiger partial charge in [0.15, 0.2) is 0 Å². The molecule has 0 fully saturated rings. The number of benzene rings is 9. The SMILES string of the molecule is c1ccc(-c2ccc(-c3ccc(N(c4ccc(-c5cccc6c5oc5ccccc56)cc4)c4cc5ccccc5c5ccccc45)cc3)cc2)cc1. The third-order valence-electron chi connectivity index (χ3n) is 10.3. The van der Waals surface area contributed by atoms with E-state index in [0.29, 0.717) is 0 Å². The summed E-state index contributed by atoms with van der Waals surface area (Å²) in [5.41, 5.74) is 12.2. The molecule has 0 atom stereocenters. The van der Waals surface area contributed by atoms with Crippen molar-refractivity contribution < 1.29 is 4.42 Å². The van der Waals surface area contributed by atoms with Crippen molar-refractivity contribution in [2.75, 3.05) is 4.90 Å². The number of rotatable bonds is 6. The van der Waals surface area contributed by atoms with Gasteiger partial charge in [-0.25, -0.2) is 0 Å². The zero-order valence-corrected chi connectivity index (χ0v) is 28.4. The molecule has 52 heavy (non-hydrogen) atoms. The summed E-state index contributed by atoms with van der Waals surface area (Å²) in [6.45, 7) is 0. The monoisotopic (exact) mass is 663 g/mol. The highest BCUT2D eigenvalue weighted by Crippen LogP contribution is 2.43. The summed E-state index contributed by atoms with van der Waals surface area (Å²) in [6, 6.07) is 71.7. The lowest BCUT2D eigenvalue weighted by atomic mass is 9.98. The van der Waals surface area contributed by atoms with Crippen LogP contribution in [0.1, 0.15) is 0 Å². The predicted molar refractivity (Wildman–Crippen MR) is 220 cm³/mol. The fourth-order valence-corrected chi connectivity index (χ4v) is 7.70. The maximum absolute atomic E-state index is 6.41. The highest BCUT2D eigenvalue weighted by Gasteiger charge is 2.19. The lowest BCUT2D eigenvalue weighted by Crippen LogP contribution is -2.10. The van der Waals surface area contributed by atoms with Crippen LogP contribution in [-0.4, -0.2) is 0 Å². The molecular weight excluding hydrogens is 631 g/mol. The highest BCUT2D eigenvalue weighted by atomic mass is 16.3. The highest BCUT2D eigenvalue weighted by molar-refractivity contribution is 6.15. The average molecular weight is 664 g/mol. The fourth-order valence-electron chi connectivity index (χ4n) is 7.70. The number of nitrogens with zero attached hydrogens (tertiary/aromatic N) is 1. The van der Waals surface area contributed by atoms with E-state index in [2.05, 4.69) is 193 Å². The minimum absolute atomic E-state index is 0.909. The van der Waals surface area contributed by atoms with Gasteiger partial charge in [0.1, 0.15) is 11.2 Å². The smallest absolute Gasteiger partial charge is 0.143 e. The second-order valence-corrected chi connectivity index (χ2v) is 13.3. The number of para-hydroxylation sites is 2. The molecule has 0 aliphatic rings. The van der Waals surface area contributed by atoms with E-state index in [1.165, 1.54) is 43.8 Å². The first-order chi connectivity index (χ1) is 25.8. The van der Waals surface area contributed by atoms with E-state index < -0.39 is 0 Å². The summed E-state index contributed by atoms with van der Waals surface area (Å²) < 4.78 is 6.41. The second-order valence-electron chi connectivity index (χ2n) is 13.3. The second kappa shape index (κ2) is 12.5. The Bertz CT molecular complexity index is 2870. The Labute approximate surface area is 302 Å². The van der Waals surface area contributed by atoms with E-state index >= 15 is 0 Å². The van der Waals surface area contributed by atoms with Crippen molar-refractivity contribution in [2.24, 2.45) is 0 Å². The van der Waals surface area contributed by atoms with E-state index in [4.69, 9.17) is 4.42 Å². The summed E-state index contributed by atoms with van der Waals surface area (Å²) in [5, 5.41) is 7.19. The van der Waals surface area contributed by atoms with E-state index in [1.807, 2.05) is 12.1 Å². The van der Waals surface area contributed by atoms with Gasteiger partial charge in [-0.2, -0.15) is 0 Å². The van der Waals surface area contributed by atoms with Crippen LogP contribution < -0.4 is 4.90 Å². The number of anilines is 3. The molecule has 0 saturated heterocycles. The van der Waals surface area contributed by atoms with Crippen LogP contribution in [-0.2, 0) is 0 Å². The van der Waals surface area contributed by atoms with Gasteiger partial charge in [-0.1, -0.05) is 164 Å². The molecule has 10 aromatic rings. The van der Waals surface area contributed by atoms with Crippen LogP contribution in [0.25, 0.3) is 76.9 Å². The Morgan fingerprint density at radius 2 is 0.827 bits per heavy atom. The van der Waals surface area contributed by atoms with Gasteiger partial charge in [0.2, 0.25) is 0 Å². The van der Waals surface area contributed by atoms with Crippen LogP contribution in [0, 0.1) is 0 Å². The predicted octanol–water partition coefficient (Wildman–Crippen LogP) is 14.4. The molecule has 0 saturated carbocycles. The van der Waals surface area contributed by atoms with E-state index in [1.54, 1.807) is 0 Å². The molecule has 0 unspecified atom stereocenters. The normalized spacial score (nSPS) is 11.5. The zero-order valence-electron chi connectivity index (χ0n) is 28.4. The van der Waals surface area contributed by atoms with E-state index in [9.17, 15) is 0 Å². The van der Waals surface area contributed by atoms with E-state index in [0.717, 1.165) is 50.1 Å². The minimum atomic E-state index is 0.909. The Morgan fingerprint density at radius 3 is 1.52 bits per heavy atom. The molecule has 0 aliphatic heterocycles. The molecule has 0 aliphatic carbocycles. The number of fused-ring (bicyclic) bond motifs is 6. The maximum Gasteiger partial charge on any atom is 0.143 e. The largest absolute Gasteiger partial charge is 0.455 e. The van der Waals surface area contributed by atoms with Crippen LogP contribution in [0.4, 0.5) is 17.1 Å². The molecule has 0 bridgehead atoms. The van der Waals surface area contributed by atoms with Crippen molar-refractivity contribution in [1.29, 1.82) is 0 Å². The van der Waals surface area contributed by atoms with Gasteiger partial charge in [-0.15, -0.1) is 0 Å². The first-order valence-electron chi connectivity index (χ1n) is 17.8. The summed E-state index contributed by atoms with van der Waals surface area (Å²) in [5.74, 6) is 0. The fraction of sp³-hybridized carbons (Fsp3) is 0. The Morgan fingerprint density at radius 1 is 0.327 bits per heavy atom. The van der Waals surface area contributed by atoms with Crippen LogP contribution in [0.2, 0.25) is 0 Å². The van der Waals surface area contributed by atoms with Crippen LogP contribution in [0.15, 0.2) is 205 Å². The van der Waals surface area contributed by atoms with Crippen LogP contribution in [0.3, 0.4) is 0 Å². The minimum Gasteiger partial charge on any atom is -0.455 e. The number of hydrogen-bond donors (Lipinski definition) is 0. The number of hydrogen-bond acceptors (Lipinski definition) is 2. The molecule has 1 heterocycles. The van der Waals surface area contributed by atoms with Crippen molar-refractivity contribution >= 4 is 60.5 Å². The first kappa shape index (κ1) is 30.0. The van der Waals surface area contributed by atoms with Gasteiger partial charge >= 0.3 is 0 Å². The average Bonchev–Trinajstić information content (AvgIpc) is 3.61. The van der Waals surface area contributed by atoms with Crippen molar-refractivity contribution in [3.63, 3.8) is 0 Å². The molecule has 2 heteroatoms. The molecule has 10 rings (SSSR count). The topological polar surface area (TPSA) is 16.4 Å². The summed E-state index contributed by atoms with van der Waals surface area (Å²) in [6.07, 6.45) is 0. The zero-order chi connectivity index (χ0) is 34.4. The molecule has 1 aromatic heterocycles.